The van der Waals surface area contributed by atoms with E-state index < -0.39 is 0 Å². The van der Waals surface area contributed by atoms with E-state index >= 15 is 0 Å². The Morgan fingerprint density at radius 3 is 1.84 bits per heavy atom. The van der Waals surface area contributed by atoms with Crippen LogP contribution in [0.15, 0.2) is 191 Å². The lowest BCUT2D eigenvalue weighted by atomic mass is 10.0. The Hall–Kier alpha value is -7.83. The number of para-hydroxylation sites is 4. The second kappa shape index (κ2) is 12.3. The zero-order valence-corrected chi connectivity index (χ0v) is 30.4. The maximum atomic E-state index is 6.62. The molecule has 0 fully saturated rings. The van der Waals surface area contributed by atoms with Gasteiger partial charge in [-0.3, -0.25) is 0 Å². The highest BCUT2D eigenvalue weighted by Gasteiger charge is 2.23. The van der Waals surface area contributed by atoms with Gasteiger partial charge in [0.1, 0.15) is 22.3 Å². The maximum Gasteiger partial charge on any atom is 0.167 e. The molecule has 0 bridgehead atoms. The molecule has 0 atom stereocenters. The highest BCUT2D eigenvalue weighted by Crippen LogP contribution is 2.43. The Morgan fingerprint density at radius 1 is 0.368 bits per heavy atom. The predicted octanol–water partition coefficient (Wildman–Crippen LogP) is 13.4. The summed E-state index contributed by atoms with van der Waals surface area (Å²) in [5.41, 5.74) is 11.2. The predicted molar refractivity (Wildman–Crippen MR) is 230 cm³/mol. The molecule has 0 radical (unpaired) electrons. The van der Waals surface area contributed by atoms with Gasteiger partial charge in [0.15, 0.2) is 17.5 Å². The van der Waals surface area contributed by atoms with E-state index in [2.05, 4.69) is 120 Å². The van der Waals surface area contributed by atoms with Crippen LogP contribution in [0.3, 0.4) is 0 Å². The molecular formula is C51H30N4O2. The third-order valence-electron chi connectivity index (χ3n) is 11.1. The maximum absolute atomic E-state index is 6.62. The third kappa shape index (κ3) is 4.87. The monoisotopic (exact) mass is 730 g/mol. The first-order valence-corrected chi connectivity index (χ1v) is 19.0. The van der Waals surface area contributed by atoms with Crippen LogP contribution in [0.4, 0.5) is 0 Å². The van der Waals surface area contributed by atoms with Gasteiger partial charge in [0.2, 0.25) is 0 Å². The average Bonchev–Trinajstić information content (AvgIpc) is 3.96. The molecule has 0 saturated heterocycles. The van der Waals surface area contributed by atoms with Crippen LogP contribution in [0.1, 0.15) is 0 Å². The van der Waals surface area contributed by atoms with Gasteiger partial charge in [-0.15, -0.1) is 0 Å². The van der Waals surface area contributed by atoms with Crippen molar-refractivity contribution in [2.75, 3.05) is 0 Å². The molecule has 0 aliphatic heterocycles. The first-order chi connectivity index (χ1) is 28.3. The SMILES string of the molecule is c1ccc(-c2ccc3c(c2)oc2cccc(-n4c5ccccc5c5cccc(-c6nc(-c7ccccc7)nc(-c7cccc8c7oc7ccccc78)n6)c54)c23)cc1. The van der Waals surface area contributed by atoms with Crippen LogP contribution >= 0.6 is 0 Å². The fourth-order valence-corrected chi connectivity index (χ4v) is 8.51. The number of hydrogen-bond acceptors (Lipinski definition) is 5. The minimum Gasteiger partial charge on any atom is -0.456 e. The molecule has 0 aliphatic rings. The molecular weight excluding hydrogens is 701 g/mol. The highest BCUT2D eigenvalue weighted by atomic mass is 16.3. The molecule has 0 spiro atoms. The van der Waals surface area contributed by atoms with Crippen LogP contribution < -0.4 is 0 Å². The first kappa shape index (κ1) is 31.5. The summed E-state index contributed by atoms with van der Waals surface area (Å²) < 4.78 is 15.5. The van der Waals surface area contributed by atoms with Crippen LogP contribution in [0.25, 0.3) is 117 Å². The lowest BCUT2D eigenvalue weighted by Gasteiger charge is -2.13. The normalized spacial score (nSPS) is 11.9. The zero-order chi connectivity index (χ0) is 37.5. The smallest absolute Gasteiger partial charge is 0.167 e. The summed E-state index contributed by atoms with van der Waals surface area (Å²) in [7, 11) is 0. The summed E-state index contributed by atoms with van der Waals surface area (Å²) in [6.07, 6.45) is 0. The molecule has 0 aliphatic carbocycles. The van der Waals surface area contributed by atoms with Crippen LogP contribution in [-0.2, 0) is 0 Å². The largest absolute Gasteiger partial charge is 0.456 e. The number of furan rings is 2. The number of nitrogens with zero attached hydrogens (tertiary/aromatic N) is 4. The molecule has 0 unspecified atom stereocenters. The van der Waals surface area contributed by atoms with Crippen molar-refractivity contribution in [3.8, 4) is 51.0 Å². The van der Waals surface area contributed by atoms with Gasteiger partial charge in [0.05, 0.1) is 27.7 Å². The molecule has 266 valence electrons. The van der Waals surface area contributed by atoms with Crippen LogP contribution in [0, 0.1) is 0 Å². The van der Waals surface area contributed by atoms with Crippen LogP contribution in [-0.4, -0.2) is 19.5 Å². The highest BCUT2D eigenvalue weighted by molar-refractivity contribution is 6.17. The Kier molecular flexibility index (Phi) is 6.83. The van der Waals surface area contributed by atoms with Crippen LogP contribution in [0.5, 0.6) is 0 Å². The van der Waals surface area contributed by atoms with Gasteiger partial charge in [-0.2, -0.15) is 0 Å². The fourth-order valence-electron chi connectivity index (χ4n) is 8.51. The van der Waals surface area contributed by atoms with Crippen LogP contribution in [0.2, 0.25) is 0 Å². The van der Waals surface area contributed by atoms with Gasteiger partial charge >= 0.3 is 0 Å². The summed E-state index contributed by atoms with van der Waals surface area (Å²) in [6.45, 7) is 0. The molecule has 57 heavy (non-hydrogen) atoms. The second-order valence-electron chi connectivity index (χ2n) is 14.3. The summed E-state index contributed by atoms with van der Waals surface area (Å²) in [5.74, 6) is 1.69. The van der Waals surface area contributed by atoms with Gasteiger partial charge in [-0.25, -0.2) is 15.0 Å². The minimum absolute atomic E-state index is 0.542. The quantitative estimate of drug-likeness (QED) is 0.176. The van der Waals surface area contributed by atoms with E-state index in [1.165, 1.54) is 0 Å². The van der Waals surface area contributed by atoms with Gasteiger partial charge in [0.25, 0.3) is 0 Å². The van der Waals surface area contributed by atoms with E-state index in [9.17, 15) is 0 Å². The minimum atomic E-state index is 0.542. The van der Waals surface area contributed by atoms with Crippen molar-refractivity contribution in [2.45, 2.75) is 0 Å². The molecule has 0 amide bonds. The molecule has 8 aromatic carbocycles. The van der Waals surface area contributed by atoms with E-state index in [1.54, 1.807) is 0 Å². The second-order valence-corrected chi connectivity index (χ2v) is 14.3. The van der Waals surface area contributed by atoms with E-state index in [-0.39, 0.29) is 0 Å². The average molecular weight is 731 g/mol. The van der Waals surface area contributed by atoms with Gasteiger partial charge < -0.3 is 13.4 Å². The summed E-state index contributed by atoms with van der Waals surface area (Å²) in [5, 5.41) is 6.40. The zero-order valence-electron chi connectivity index (χ0n) is 30.4. The van der Waals surface area contributed by atoms with E-state index in [0.717, 1.165) is 99.2 Å². The number of rotatable bonds is 5. The molecule has 0 N–H and O–H groups in total. The fraction of sp³-hybridized carbons (Fsp3) is 0. The molecule has 6 nitrogen and oxygen atoms in total. The molecule has 0 saturated carbocycles. The van der Waals surface area contributed by atoms with Crippen molar-refractivity contribution in [3.05, 3.63) is 182 Å². The molecule has 12 rings (SSSR count). The first-order valence-electron chi connectivity index (χ1n) is 19.0. The third-order valence-corrected chi connectivity index (χ3v) is 11.1. The lowest BCUT2D eigenvalue weighted by Crippen LogP contribution is -2.02. The molecule has 4 heterocycles. The van der Waals surface area contributed by atoms with Crippen molar-refractivity contribution in [3.63, 3.8) is 0 Å². The Morgan fingerprint density at radius 2 is 1.00 bits per heavy atom. The Bertz CT molecular complexity index is 3530. The van der Waals surface area contributed by atoms with E-state index in [1.807, 2.05) is 66.7 Å². The van der Waals surface area contributed by atoms with Crippen molar-refractivity contribution in [2.24, 2.45) is 0 Å². The number of aromatic nitrogens is 4. The van der Waals surface area contributed by atoms with Gasteiger partial charge in [0, 0.05) is 38.1 Å². The summed E-state index contributed by atoms with van der Waals surface area (Å²) >= 11 is 0. The van der Waals surface area contributed by atoms with E-state index in [0.29, 0.717) is 17.5 Å². The number of hydrogen-bond donors (Lipinski definition) is 0. The summed E-state index contributed by atoms with van der Waals surface area (Å²) in [6, 6.07) is 62.6. The number of fused-ring (bicyclic) bond motifs is 9. The van der Waals surface area contributed by atoms with Crippen molar-refractivity contribution < 1.29 is 8.83 Å². The topological polar surface area (TPSA) is 69.9 Å². The Balaban J connectivity index is 1.14. The number of benzene rings is 8. The van der Waals surface area contributed by atoms with Crippen molar-refractivity contribution in [1.82, 2.24) is 19.5 Å². The van der Waals surface area contributed by atoms with Crippen molar-refractivity contribution >= 4 is 65.7 Å². The lowest BCUT2D eigenvalue weighted by molar-refractivity contribution is 0.669. The standard InChI is InChI=1S/C51H30N4O2/c1-3-14-31(15-4-1)33-28-29-38-45(30-33)56-44-27-13-25-42(46(38)44)55-41-24-9-7-18-34(41)36-20-11-22-39(47(36)55)50-52-49(32-16-5-2-6-17-32)53-51(54-50)40-23-12-21-37-35-19-8-10-26-43(35)57-48(37)40/h1-30H. The molecule has 4 aromatic heterocycles. The Labute approximate surface area is 325 Å². The summed E-state index contributed by atoms with van der Waals surface area (Å²) in [4.78, 5) is 15.7. The van der Waals surface area contributed by atoms with Gasteiger partial charge in [-0.1, -0.05) is 133 Å². The van der Waals surface area contributed by atoms with E-state index in [4.69, 9.17) is 23.8 Å². The molecule has 12 aromatic rings. The van der Waals surface area contributed by atoms with Gasteiger partial charge in [-0.05, 0) is 59.7 Å². The van der Waals surface area contributed by atoms with Crippen molar-refractivity contribution in [1.29, 1.82) is 0 Å². The molecule has 6 heteroatoms.